The predicted octanol–water partition coefficient (Wildman–Crippen LogP) is 2.09. The Hall–Kier alpha value is -1.26. The fourth-order valence-electron chi connectivity index (χ4n) is 1.32. The van der Waals surface area contributed by atoms with Crippen molar-refractivity contribution < 1.29 is 14.2 Å². The van der Waals surface area contributed by atoms with Gasteiger partial charge in [0.05, 0.1) is 25.5 Å². The normalized spacial score (nSPS) is 10.4. The molecule has 0 saturated carbocycles. The van der Waals surface area contributed by atoms with Gasteiger partial charge in [-0.25, -0.2) is 0 Å². The van der Waals surface area contributed by atoms with Gasteiger partial charge in [-0.15, -0.1) is 0 Å². The minimum Gasteiger partial charge on any atom is -0.491 e. The van der Waals surface area contributed by atoms with E-state index in [1.807, 2.05) is 31.2 Å². The van der Waals surface area contributed by atoms with Crippen LogP contribution in [0.5, 0.6) is 5.75 Å². The second kappa shape index (κ2) is 8.84. The number of hydrogen-bond acceptors (Lipinski definition) is 4. The van der Waals surface area contributed by atoms with Crippen LogP contribution < -0.4 is 10.5 Å². The molecule has 17 heavy (non-hydrogen) atoms. The summed E-state index contributed by atoms with van der Waals surface area (Å²) in [6.45, 7) is 5.30. The van der Waals surface area contributed by atoms with Gasteiger partial charge in [0, 0.05) is 19.6 Å². The van der Waals surface area contributed by atoms with Gasteiger partial charge in [0.1, 0.15) is 5.75 Å². The van der Waals surface area contributed by atoms with E-state index in [0.717, 1.165) is 18.8 Å². The van der Waals surface area contributed by atoms with Crippen molar-refractivity contribution >= 4 is 5.69 Å². The Morgan fingerprint density at radius 3 is 2.53 bits per heavy atom. The van der Waals surface area contributed by atoms with E-state index in [0.29, 0.717) is 32.1 Å². The van der Waals surface area contributed by atoms with Gasteiger partial charge in [0.25, 0.3) is 0 Å². The Kier molecular flexibility index (Phi) is 7.18. The molecule has 0 aliphatic carbocycles. The largest absolute Gasteiger partial charge is 0.491 e. The van der Waals surface area contributed by atoms with Crippen LogP contribution in [-0.2, 0) is 9.47 Å². The molecule has 0 aliphatic heterocycles. The molecule has 0 bridgehead atoms. The first kappa shape index (κ1) is 13.8. The number of para-hydroxylation sites is 2. The molecular formula is C13H21NO3. The molecule has 0 aromatic heterocycles. The van der Waals surface area contributed by atoms with E-state index in [2.05, 4.69) is 0 Å². The number of nitrogen functional groups attached to an aromatic ring is 1. The lowest BCUT2D eigenvalue weighted by Crippen LogP contribution is -2.08. The van der Waals surface area contributed by atoms with Crippen LogP contribution in [0.1, 0.15) is 13.3 Å². The van der Waals surface area contributed by atoms with E-state index in [4.69, 9.17) is 19.9 Å². The zero-order chi connectivity index (χ0) is 12.3. The lowest BCUT2D eigenvalue weighted by atomic mass is 10.3. The molecular weight excluding hydrogens is 218 g/mol. The summed E-state index contributed by atoms with van der Waals surface area (Å²) in [5.41, 5.74) is 6.41. The lowest BCUT2D eigenvalue weighted by Gasteiger charge is -2.08. The first-order chi connectivity index (χ1) is 8.34. The first-order valence-corrected chi connectivity index (χ1v) is 5.97. The van der Waals surface area contributed by atoms with Gasteiger partial charge < -0.3 is 19.9 Å². The van der Waals surface area contributed by atoms with Crippen molar-refractivity contribution in [3.63, 3.8) is 0 Å². The average molecular weight is 239 g/mol. The zero-order valence-electron chi connectivity index (χ0n) is 10.4. The third-order valence-corrected chi connectivity index (χ3v) is 2.19. The van der Waals surface area contributed by atoms with Crippen LogP contribution in [0.3, 0.4) is 0 Å². The molecule has 2 N–H and O–H groups in total. The molecule has 0 radical (unpaired) electrons. The van der Waals surface area contributed by atoms with E-state index < -0.39 is 0 Å². The molecule has 4 nitrogen and oxygen atoms in total. The summed E-state index contributed by atoms with van der Waals surface area (Å²) in [5, 5.41) is 0. The van der Waals surface area contributed by atoms with Crippen LogP contribution in [0, 0.1) is 0 Å². The fourth-order valence-corrected chi connectivity index (χ4v) is 1.32. The number of benzene rings is 1. The van der Waals surface area contributed by atoms with Crippen molar-refractivity contribution in [2.24, 2.45) is 0 Å². The van der Waals surface area contributed by atoms with Crippen LogP contribution in [0.15, 0.2) is 24.3 Å². The quantitative estimate of drug-likeness (QED) is 0.529. The molecule has 0 spiro atoms. The molecule has 0 atom stereocenters. The van der Waals surface area contributed by atoms with Gasteiger partial charge in [0.2, 0.25) is 0 Å². The van der Waals surface area contributed by atoms with E-state index in [1.54, 1.807) is 0 Å². The van der Waals surface area contributed by atoms with Crippen molar-refractivity contribution in [2.45, 2.75) is 13.3 Å². The minimum absolute atomic E-state index is 0.614. The van der Waals surface area contributed by atoms with Gasteiger partial charge in [-0.2, -0.15) is 0 Å². The van der Waals surface area contributed by atoms with Crippen molar-refractivity contribution in [3.8, 4) is 5.75 Å². The molecule has 0 unspecified atom stereocenters. The van der Waals surface area contributed by atoms with Crippen LogP contribution in [0.4, 0.5) is 5.69 Å². The van der Waals surface area contributed by atoms with Crippen molar-refractivity contribution in [3.05, 3.63) is 24.3 Å². The molecule has 1 aromatic rings. The molecule has 0 heterocycles. The van der Waals surface area contributed by atoms with Crippen LogP contribution in [0.2, 0.25) is 0 Å². The summed E-state index contributed by atoms with van der Waals surface area (Å²) in [5.74, 6) is 0.738. The van der Waals surface area contributed by atoms with Crippen molar-refractivity contribution in [1.29, 1.82) is 0 Å². The summed E-state index contributed by atoms with van der Waals surface area (Å²) < 4.78 is 16.0. The molecule has 1 aromatic carbocycles. The Bertz CT molecular complexity index is 304. The summed E-state index contributed by atoms with van der Waals surface area (Å²) in [4.78, 5) is 0. The summed E-state index contributed by atoms with van der Waals surface area (Å²) in [6, 6.07) is 7.49. The summed E-state index contributed by atoms with van der Waals surface area (Å²) in [7, 11) is 0. The van der Waals surface area contributed by atoms with Crippen LogP contribution in [0.25, 0.3) is 0 Å². The van der Waals surface area contributed by atoms with Crippen LogP contribution in [-0.4, -0.2) is 33.0 Å². The molecule has 1 rings (SSSR count). The molecule has 0 aliphatic rings. The van der Waals surface area contributed by atoms with E-state index in [-0.39, 0.29) is 0 Å². The van der Waals surface area contributed by atoms with Gasteiger partial charge in [-0.1, -0.05) is 12.1 Å². The molecule has 4 heteroatoms. The first-order valence-electron chi connectivity index (χ1n) is 5.97. The second-order valence-corrected chi connectivity index (χ2v) is 3.55. The number of hydrogen-bond donors (Lipinski definition) is 1. The molecule has 0 saturated heterocycles. The zero-order valence-corrected chi connectivity index (χ0v) is 10.4. The van der Waals surface area contributed by atoms with Crippen molar-refractivity contribution in [1.82, 2.24) is 0 Å². The van der Waals surface area contributed by atoms with Gasteiger partial charge in [-0.3, -0.25) is 0 Å². The maximum Gasteiger partial charge on any atom is 0.142 e. The highest BCUT2D eigenvalue weighted by Gasteiger charge is 1.97. The highest BCUT2D eigenvalue weighted by Crippen LogP contribution is 2.19. The lowest BCUT2D eigenvalue weighted by molar-refractivity contribution is 0.0483. The van der Waals surface area contributed by atoms with Crippen LogP contribution >= 0.6 is 0 Å². The Labute approximate surface area is 103 Å². The van der Waals surface area contributed by atoms with Gasteiger partial charge in [-0.05, 0) is 19.1 Å². The second-order valence-electron chi connectivity index (χ2n) is 3.55. The number of ether oxygens (including phenoxy) is 3. The highest BCUT2D eigenvalue weighted by atomic mass is 16.5. The Morgan fingerprint density at radius 2 is 1.76 bits per heavy atom. The molecule has 0 amide bonds. The highest BCUT2D eigenvalue weighted by molar-refractivity contribution is 5.51. The standard InChI is InChI=1S/C13H21NO3/c1-2-15-10-11-16-8-5-9-17-13-7-4-3-6-12(13)14/h3-4,6-7H,2,5,8-11,14H2,1H3. The Balaban J connectivity index is 1.99. The Morgan fingerprint density at radius 1 is 1.00 bits per heavy atom. The third kappa shape index (κ3) is 6.14. The SMILES string of the molecule is CCOCCOCCCOc1ccccc1N. The van der Waals surface area contributed by atoms with Crippen molar-refractivity contribution in [2.75, 3.05) is 38.8 Å². The number of rotatable bonds is 9. The number of anilines is 1. The topological polar surface area (TPSA) is 53.7 Å². The maximum atomic E-state index is 5.74. The summed E-state index contributed by atoms with van der Waals surface area (Å²) >= 11 is 0. The monoisotopic (exact) mass is 239 g/mol. The van der Waals surface area contributed by atoms with E-state index >= 15 is 0 Å². The van der Waals surface area contributed by atoms with Gasteiger partial charge in [0.15, 0.2) is 0 Å². The fraction of sp³-hybridized carbons (Fsp3) is 0.538. The summed E-state index contributed by atoms with van der Waals surface area (Å²) in [6.07, 6.45) is 0.848. The number of nitrogens with two attached hydrogens (primary N) is 1. The maximum absolute atomic E-state index is 5.74. The van der Waals surface area contributed by atoms with Gasteiger partial charge >= 0.3 is 0 Å². The smallest absolute Gasteiger partial charge is 0.142 e. The molecule has 96 valence electrons. The van der Waals surface area contributed by atoms with E-state index in [1.165, 1.54) is 0 Å². The molecule has 0 fully saturated rings. The predicted molar refractivity (Wildman–Crippen MR) is 68.3 cm³/mol. The third-order valence-electron chi connectivity index (χ3n) is 2.19. The van der Waals surface area contributed by atoms with E-state index in [9.17, 15) is 0 Å². The minimum atomic E-state index is 0.614. The average Bonchev–Trinajstić information content (AvgIpc) is 2.35.